The molecule has 0 amide bonds. The summed E-state index contributed by atoms with van der Waals surface area (Å²) in [5.74, 6) is 0.837. The summed E-state index contributed by atoms with van der Waals surface area (Å²) in [5.41, 5.74) is 0.0177. The Morgan fingerprint density at radius 3 is 2.47 bits per heavy atom. The summed E-state index contributed by atoms with van der Waals surface area (Å²) < 4.78 is 27.9. The van der Waals surface area contributed by atoms with Crippen LogP contribution in [-0.4, -0.2) is 39.4 Å². The van der Waals surface area contributed by atoms with Gasteiger partial charge in [0, 0.05) is 17.0 Å². The molecule has 1 aromatic heterocycles. The van der Waals surface area contributed by atoms with Gasteiger partial charge in [-0.1, -0.05) is 11.8 Å². The topological polar surface area (TPSA) is 120 Å². The monoisotopic (exact) mass is 484 g/mol. The molecule has 0 unspecified atom stereocenters. The predicted octanol–water partition coefficient (Wildman–Crippen LogP) is 3.77. The van der Waals surface area contributed by atoms with Crippen molar-refractivity contribution >= 4 is 28.7 Å². The first kappa shape index (κ1) is 25.0. The van der Waals surface area contributed by atoms with Crippen LogP contribution in [0.3, 0.4) is 0 Å². The Morgan fingerprint density at radius 1 is 1.15 bits per heavy atom. The Hall–Kier alpha value is -3.68. The van der Waals surface area contributed by atoms with E-state index in [0.717, 1.165) is 4.90 Å². The minimum absolute atomic E-state index is 0.0609. The fourth-order valence-corrected chi connectivity index (χ4v) is 3.89. The van der Waals surface area contributed by atoms with E-state index in [9.17, 15) is 9.59 Å². The SMILES string of the molecule is COc1c(OC(C)C)cc2oc(Sc3ccc(OC(=O)CNCC#N)cc3)cc(=O)c2c1OC. The number of carbonyl (C=O) groups is 1. The molecule has 0 atom stereocenters. The Kier molecular flexibility index (Phi) is 8.40. The van der Waals surface area contributed by atoms with E-state index < -0.39 is 5.97 Å². The predicted molar refractivity (Wildman–Crippen MR) is 126 cm³/mol. The number of nitriles is 1. The second-order valence-corrected chi connectivity index (χ2v) is 8.30. The number of hydrogen-bond acceptors (Lipinski definition) is 10. The molecular weight excluding hydrogens is 460 g/mol. The van der Waals surface area contributed by atoms with Gasteiger partial charge >= 0.3 is 5.97 Å². The highest BCUT2D eigenvalue weighted by atomic mass is 32.2. The molecule has 0 spiro atoms. The van der Waals surface area contributed by atoms with Crippen molar-refractivity contribution in [1.82, 2.24) is 5.32 Å². The molecule has 0 fully saturated rings. The molecule has 0 radical (unpaired) electrons. The van der Waals surface area contributed by atoms with Crippen molar-refractivity contribution in [2.24, 2.45) is 0 Å². The Labute approximate surface area is 200 Å². The number of hydrogen-bond donors (Lipinski definition) is 1. The van der Waals surface area contributed by atoms with Gasteiger partial charge < -0.3 is 23.4 Å². The van der Waals surface area contributed by atoms with Gasteiger partial charge in [0.2, 0.25) is 5.75 Å². The fraction of sp³-hybridized carbons (Fsp3) is 0.292. The Bertz CT molecular complexity index is 1260. The molecular formula is C24H24N2O7S. The van der Waals surface area contributed by atoms with Crippen molar-refractivity contribution in [3.8, 4) is 29.1 Å². The summed E-state index contributed by atoms with van der Waals surface area (Å²) >= 11 is 1.24. The largest absolute Gasteiger partial charge is 0.492 e. The van der Waals surface area contributed by atoms with Gasteiger partial charge in [-0.15, -0.1) is 0 Å². The molecule has 0 aliphatic rings. The number of esters is 1. The minimum atomic E-state index is -0.500. The quantitative estimate of drug-likeness (QED) is 0.197. The lowest BCUT2D eigenvalue weighted by molar-refractivity contribution is -0.133. The zero-order chi connectivity index (χ0) is 24.7. The van der Waals surface area contributed by atoms with Gasteiger partial charge in [-0.3, -0.25) is 14.9 Å². The summed E-state index contributed by atoms with van der Waals surface area (Å²) in [5, 5.41) is 11.7. The van der Waals surface area contributed by atoms with Gasteiger partial charge in [-0.2, -0.15) is 5.26 Å². The molecule has 2 aromatic carbocycles. The van der Waals surface area contributed by atoms with E-state index in [1.165, 1.54) is 32.0 Å². The molecule has 34 heavy (non-hydrogen) atoms. The molecule has 10 heteroatoms. The van der Waals surface area contributed by atoms with Crippen molar-refractivity contribution in [1.29, 1.82) is 5.26 Å². The van der Waals surface area contributed by atoms with Crippen LogP contribution in [0.25, 0.3) is 11.0 Å². The van der Waals surface area contributed by atoms with E-state index in [-0.39, 0.29) is 35.8 Å². The van der Waals surface area contributed by atoms with Crippen LogP contribution < -0.4 is 29.7 Å². The number of methoxy groups -OCH3 is 2. The molecule has 1 N–H and O–H groups in total. The Morgan fingerprint density at radius 2 is 1.85 bits per heavy atom. The lowest BCUT2D eigenvalue weighted by atomic mass is 10.1. The van der Waals surface area contributed by atoms with Crippen LogP contribution in [-0.2, 0) is 4.79 Å². The molecule has 0 aliphatic heterocycles. The van der Waals surface area contributed by atoms with Crippen LogP contribution in [0.1, 0.15) is 13.8 Å². The zero-order valence-corrected chi connectivity index (χ0v) is 20.0. The highest BCUT2D eigenvalue weighted by Gasteiger charge is 2.21. The van der Waals surface area contributed by atoms with Gasteiger partial charge in [0.1, 0.15) is 16.7 Å². The van der Waals surface area contributed by atoms with E-state index in [2.05, 4.69) is 5.32 Å². The first-order valence-corrected chi connectivity index (χ1v) is 11.1. The maximum Gasteiger partial charge on any atom is 0.325 e. The highest BCUT2D eigenvalue weighted by Crippen LogP contribution is 2.43. The summed E-state index contributed by atoms with van der Waals surface area (Å²) in [6.45, 7) is 3.75. The number of ether oxygens (including phenoxy) is 4. The van der Waals surface area contributed by atoms with Crippen molar-refractivity contribution in [3.63, 3.8) is 0 Å². The van der Waals surface area contributed by atoms with Crippen molar-refractivity contribution < 1.29 is 28.2 Å². The average Bonchev–Trinajstić information content (AvgIpc) is 2.79. The Balaban J connectivity index is 1.86. The third kappa shape index (κ3) is 6.01. The second kappa shape index (κ2) is 11.4. The second-order valence-electron chi connectivity index (χ2n) is 7.22. The highest BCUT2D eigenvalue weighted by molar-refractivity contribution is 7.99. The van der Waals surface area contributed by atoms with E-state index in [1.54, 1.807) is 30.3 Å². The third-order valence-electron chi connectivity index (χ3n) is 4.39. The van der Waals surface area contributed by atoms with Crippen LogP contribution in [0.4, 0.5) is 0 Å². The van der Waals surface area contributed by atoms with Crippen molar-refractivity contribution in [3.05, 3.63) is 46.6 Å². The number of rotatable bonds is 10. The smallest absolute Gasteiger partial charge is 0.325 e. The summed E-state index contributed by atoms with van der Waals surface area (Å²) in [4.78, 5) is 25.4. The molecule has 0 saturated carbocycles. The van der Waals surface area contributed by atoms with Gasteiger partial charge in [0.25, 0.3) is 0 Å². The van der Waals surface area contributed by atoms with Crippen molar-refractivity contribution in [2.45, 2.75) is 29.9 Å². The van der Waals surface area contributed by atoms with Crippen LogP contribution in [0, 0.1) is 11.3 Å². The van der Waals surface area contributed by atoms with E-state index in [0.29, 0.717) is 27.9 Å². The molecule has 9 nitrogen and oxygen atoms in total. The van der Waals surface area contributed by atoms with Crippen molar-refractivity contribution in [2.75, 3.05) is 27.3 Å². The summed E-state index contributed by atoms with van der Waals surface area (Å²) in [6.07, 6.45) is -0.130. The van der Waals surface area contributed by atoms with Gasteiger partial charge in [0.05, 0.1) is 39.5 Å². The third-order valence-corrected chi connectivity index (χ3v) is 5.30. The van der Waals surface area contributed by atoms with E-state index in [4.69, 9.17) is 28.6 Å². The first-order valence-electron chi connectivity index (χ1n) is 10.3. The average molecular weight is 485 g/mol. The number of nitrogens with one attached hydrogen (secondary N) is 1. The normalized spacial score (nSPS) is 10.7. The number of nitrogens with zero attached hydrogens (tertiary/aromatic N) is 1. The summed E-state index contributed by atoms with van der Waals surface area (Å²) in [6, 6.07) is 11.6. The first-order chi connectivity index (χ1) is 16.4. The summed E-state index contributed by atoms with van der Waals surface area (Å²) in [7, 11) is 2.93. The maximum absolute atomic E-state index is 12.9. The van der Waals surface area contributed by atoms with Gasteiger partial charge in [0.15, 0.2) is 22.0 Å². The molecule has 1 heterocycles. The number of carbonyl (C=O) groups excluding carboxylic acids is 1. The van der Waals surface area contributed by atoms with Crippen LogP contribution >= 0.6 is 11.8 Å². The lowest BCUT2D eigenvalue weighted by Crippen LogP contribution is -2.26. The van der Waals surface area contributed by atoms with Crippen LogP contribution in [0.2, 0.25) is 0 Å². The van der Waals surface area contributed by atoms with Gasteiger partial charge in [-0.05, 0) is 38.1 Å². The maximum atomic E-state index is 12.9. The van der Waals surface area contributed by atoms with E-state index in [1.807, 2.05) is 19.9 Å². The van der Waals surface area contributed by atoms with E-state index >= 15 is 0 Å². The van der Waals surface area contributed by atoms with Gasteiger partial charge in [-0.25, -0.2) is 0 Å². The molecule has 0 saturated heterocycles. The lowest BCUT2D eigenvalue weighted by Gasteiger charge is -2.17. The van der Waals surface area contributed by atoms with Crippen LogP contribution in [0.15, 0.2) is 55.6 Å². The fourth-order valence-electron chi connectivity index (χ4n) is 3.08. The minimum Gasteiger partial charge on any atom is -0.492 e. The van der Waals surface area contributed by atoms with Crippen LogP contribution in [0.5, 0.6) is 23.0 Å². The molecule has 0 bridgehead atoms. The molecule has 3 rings (SSSR count). The zero-order valence-electron chi connectivity index (χ0n) is 19.2. The number of fused-ring (bicyclic) bond motifs is 1. The standard InChI is InChI=1S/C24H24N2O7S/c1-14(2)31-19-12-18-22(24(30-4)23(19)29-3)17(27)11-21(33-18)34-16-7-5-15(6-8-16)32-20(28)13-26-10-9-25/h5-8,11-12,14,26H,10,13H2,1-4H3. The number of benzene rings is 2. The molecule has 0 aliphatic carbocycles. The molecule has 178 valence electrons. The molecule has 3 aromatic rings.